The summed E-state index contributed by atoms with van der Waals surface area (Å²) in [6.07, 6.45) is 3.50. The molecule has 0 aliphatic carbocycles. The van der Waals surface area contributed by atoms with Crippen LogP contribution in [0.5, 0.6) is 5.75 Å². The van der Waals surface area contributed by atoms with E-state index in [0.717, 1.165) is 15.7 Å². The number of aryl methyl sites for hydroxylation is 1. The first-order chi connectivity index (χ1) is 13.5. The Labute approximate surface area is 170 Å². The molecule has 0 aliphatic rings. The van der Waals surface area contributed by atoms with Gasteiger partial charge in [-0.15, -0.1) is 0 Å². The van der Waals surface area contributed by atoms with E-state index in [4.69, 9.17) is 4.98 Å². The summed E-state index contributed by atoms with van der Waals surface area (Å²) in [6, 6.07) is 20.2. The number of para-hydroxylation sites is 1. The average Bonchev–Trinajstić information content (AvgIpc) is 2.69. The second kappa shape index (κ2) is 7.44. The number of aromatic hydroxyl groups is 1. The number of phenols is 1. The van der Waals surface area contributed by atoms with Crippen molar-refractivity contribution < 1.29 is 5.11 Å². The number of halogens is 1. The minimum Gasteiger partial charge on any atom is -0.507 e. The van der Waals surface area contributed by atoms with Crippen molar-refractivity contribution in [2.75, 3.05) is 0 Å². The number of hydrogen-bond donors (Lipinski definition) is 1. The van der Waals surface area contributed by atoms with Gasteiger partial charge in [-0.05, 0) is 67.1 Å². The molecule has 138 valence electrons. The zero-order valence-corrected chi connectivity index (χ0v) is 16.7. The summed E-state index contributed by atoms with van der Waals surface area (Å²) in [5.41, 5.74) is 2.94. The molecule has 0 saturated carbocycles. The SMILES string of the molecule is Cc1cccc(-n2c(C=Cc3cc(Br)ccc3O)nc3ccccc3c2=O)c1. The minimum atomic E-state index is -0.130. The van der Waals surface area contributed by atoms with E-state index in [-0.39, 0.29) is 11.3 Å². The Bertz CT molecular complexity index is 1280. The maximum absolute atomic E-state index is 13.2. The van der Waals surface area contributed by atoms with Crippen LogP contribution in [0.15, 0.2) is 76.0 Å². The van der Waals surface area contributed by atoms with Gasteiger partial charge in [0.25, 0.3) is 5.56 Å². The number of benzene rings is 3. The monoisotopic (exact) mass is 432 g/mol. The van der Waals surface area contributed by atoms with Crippen molar-refractivity contribution in [1.82, 2.24) is 9.55 Å². The summed E-state index contributed by atoms with van der Waals surface area (Å²) in [4.78, 5) is 17.9. The molecular formula is C23H17BrN2O2. The van der Waals surface area contributed by atoms with Crippen LogP contribution < -0.4 is 5.56 Å². The molecule has 4 aromatic rings. The molecule has 0 fully saturated rings. The van der Waals surface area contributed by atoms with E-state index >= 15 is 0 Å². The first-order valence-corrected chi connectivity index (χ1v) is 9.58. The molecule has 1 N–H and O–H groups in total. The van der Waals surface area contributed by atoms with Gasteiger partial charge in [-0.1, -0.05) is 40.2 Å². The molecule has 0 radical (unpaired) electrons. The fourth-order valence-electron chi connectivity index (χ4n) is 3.10. The van der Waals surface area contributed by atoms with Crippen LogP contribution in [-0.4, -0.2) is 14.7 Å². The molecule has 0 saturated heterocycles. The lowest BCUT2D eigenvalue weighted by Gasteiger charge is -2.12. The van der Waals surface area contributed by atoms with E-state index in [9.17, 15) is 9.90 Å². The lowest BCUT2D eigenvalue weighted by atomic mass is 10.1. The standard InChI is InChI=1S/C23H17BrN2O2/c1-15-5-4-6-18(13-15)26-22(12-9-16-14-17(24)10-11-21(16)27)25-20-8-3-2-7-19(20)23(26)28/h2-14,27H,1H3. The van der Waals surface area contributed by atoms with Gasteiger partial charge < -0.3 is 5.11 Å². The quantitative estimate of drug-likeness (QED) is 0.475. The van der Waals surface area contributed by atoms with Crippen molar-refractivity contribution in [3.8, 4) is 11.4 Å². The van der Waals surface area contributed by atoms with Crippen molar-refractivity contribution in [1.29, 1.82) is 0 Å². The van der Waals surface area contributed by atoms with Gasteiger partial charge in [0.1, 0.15) is 11.6 Å². The summed E-state index contributed by atoms with van der Waals surface area (Å²) in [6.45, 7) is 1.98. The maximum Gasteiger partial charge on any atom is 0.266 e. The Morgan fingerprint density at radius 3 is 2.64 bits per heavy atom. The molecular weight excluding hydrogens is 416 g/mol. The Hall–Kier alpha value is -3.18. The molecule has 28 heavy (non-hydrogen) atoms. The van der Waals surface area contributed by atoms with Crippen LogP contribution in [0.3, 0.4) is 0 Å². The highest BCUT2D eigenvalue weighted by Crippen LogP contribution is 2.24. The van der Waals surface area contributed by atoms with Gasteiger partial charge in [0, 0.05) is 10.0 Å². The molecule has 0 aliphatic heterocycles. The zero-order chi connectivity index (χ0) is 19.7. The summed E-state index contributed by atoms with van der Waals surface area (Å²) in [7, 11) is 0. The van der Waals surface area contributed by atoms with Crippen LogP contribution in [0, 0.1) is 6.92 Å². The van der Waals surface area contributed by atoms with Crippen LogP contribution in [0.4, 0.5) is 0 Å². The Kier molecular flexibility index (Phi) is 4.84. The second-order valence-corrected chi connectivity index (χ2v) is 7.42. The van der Waals surface area contributed by atoms with E-state index in [2.05, 4.69) is 15.9 Å². The van der Waals surface area contributed by atoms with Gasteiger partial charge in [0.15, 0.2) is 0 Å². The van der Waals surface area contributed by atoms with Crippen molar-refractivity contribution in [2.24, 2.45) is 0 Å². The first kappa shape index (κ1) is 18.2. The topological polar surface area (TPSA) is 55.1 Å². The molecule has 5 heteroatoms. The third kappa shape index (κ3) is 3.49. The van der Waals surface area contributed by atoms with Crippen molar-refractivity contribution >= 4 is 39.0 Å². The lowest BCUT2D eigenvalue weighted by Crippen LogP contribution is -2.22. The summed E-state index contributed by atoms with van der Waals surface area (Å²) in [5, 5.41) is 10.7. The second-order valence-electron chi connectivity index (χ2n) is 6.50. The molecule has 1 aromatic heterocycles. The Morgan fingerprint density at radius 2 is 1.82 bits per heavy atom. The van der Waals surface area contributed by atoms with Crippen LogP contribution >= 0.6 is 15.9 Å². The highest BCUT2D eigenvalue weighted by Gasteiger charge is 2.11. The lowest BCUT2D eigenvalue weighted by molar-refractivity contribution is 0.474. The number of hydrogen-bond acceptors (Lipinski definition) is 3. The largest absolute Gasteiger partial charge is 0.507 e. The third-order valence-corrected chi connectivity index (χ3v) is 4.96. The van der Waals surface area contributed by atoms with Crippen LogP contribution in [0.25, 0.3) is 28.7 Å². The maximum atomic E-state index is 13.2. The number of rotatable bonds is 3. The van der Waals surface area contributed by atoms with E-state index in [1.807, 2.05) is 55.5 Å². The van der Waals surface area contributed by atoms with Gasteiger partial charge in [0.05, 0.1) is 16.6 Å². The van der Waals surface area contributed by atoms with E-state index in [1.165, 1.54) is 0 Å². The van der Waals surface area contributed by atoms with E-state index < -0.39 is 0 Å². The Morgan fingerprint density at radius 1 is 1.00 bits per heavy atom. The average molecular weight is 433 g/mol. The van der Waals surface area contributed by atoms with Gasteiger partial charge >= 0.3 is 0 Å². The molecule has 0 amide bonds. The van der Waals surface area contributed by atoms with Crippen molar-refractivity contribution in [3.05, 3.63) is 98.5 Å². The van der Waals surface area contributed by atoms with Crippen LogP contribution in [0.1, 0.15) is 17.0 Å². The summed E-state index contributed by atoms with van der Waals surface area (Å²) >= 11 is 3.41. The summed E-state index contributed by atoms with van der Waals surface area (Å²) < 4.78 is 2.45. The smallest absolute Gasteiger partial charge is 0.266 e. The minimum absolute atomic E-state index is 0.130. The number of phenolic OH excluding ortho intramolecular Hbond substituents is 1. The molecule has 3 aromatic carbocycles. The number of fused-ring (bicyclic) bond motifs is 1. The first-order valence-electron chi connectivity index (χ1n) is 8.78. The van der Waals surface area contributed by atoms with Gasteiger partial charge in [-0.25, -0.2) is 4.98 Å². The molecule has 0 atom stereocenters. The van der Waals surface area contributed by atoms with E-state index in [0.29, 0.717) is 22.3 Å². The van der Waals surface area contributed by atoms with Crippen LogP contribution in [0.2, 0.25) is 0 Å². The molecule has 4 nitrogen and oxygen atoms in total. The van der Waals surface area contributed by atoms with Gasteiger partial charge in [-0.2, -0.15) is 0 Å². The van der Waals surface area contributed by atoms with Crippen molar-refractivity contribution in [2.45, 2.75) is 6.92 Å². The Balaban J connectivity index is 1.96. The molecule has 0 bridgehead atoms. The predicted molar refractivity (Wildman–Crippen MR) is 117 cm³/mol. The molecule has 0 unspecified atom stereocenters. The molecule has 4 rings (SSSR count). The highest BCUT2D eigenvalue weighted by molar-refractivity contribution is 9.10. The summed E-state index contributed by atoms with van der Waals surface area (Å²) in [5.74, 6) is 0.651. The van der Waals surface area contributed by atoms with Gasteiger partial charge in [-0.3, -0.25) is 9.36 Å². The number of aromatic nitrogens is 2. The number of nitrogens with zero attached hydrogens (tertiary/aromatic N) is 2. The fourth-order valence-corrected chi connectivity index (χ4v) is 3.48. The predicted octanol–water partition coefficient (Wildman–Crippen LogP) is 5.33. The fraction of sp³-hybridized carbons (Fsp3) is 0.0435. The normalized spacial score (nSPS) is 11.4. The van der Waals surface area contributed by atoms with E-state index in [1.54, 1.807) is 34.9 Å². The molecule has 1 heterocycles. The third-order valence-electron chi connectivity index (χ3n) is 4.46. The zero-order valence-electron chi connectivity index (χ0n) is 15.1. The molecule has 0 spiro atoms. The van der Waals surface area contributed by atoms with Crippen LogP contribution in [-0.2, 0) is 0 Å². The van der Waals surface area contributed by atoms with Gasteiger partial charge in [0.2, 0.25) is 0 Å². The highest BCUT2D eigenvalue weighted by atomic mass is 79.9. The van der Waals surface area contributed by atoms with Crippen molar-refractivity contribution in [3.63, 3.8) is 0 Å².